The Morgan fingerprint density at radius 1 is 1.40 bits per heavy atom. The standard InChI is InChI=1S/C11H13Cl2NO/c12-8-3-4-11(10(13)6-8)14-5-1-2-9(14)7-15/h3-4,6,9,15H,1-2,5,7H2. The van der Waals surface area contributed by atoms with Gasteiger partial charge in [0.05, 0.1) is 23.4 Å². The average Bonchev–Trinajstić information content (AvgIpc) is 2.65. The first-order chi connectivity index (χ1) is 7.22. The summed E-state index contributed by atoms with van der Waals surface area (Å²) < 4.78 is 0. The minimum Gasteiger partial charge on any atom is -0.394 e. The molecule has 1 aliphatic rings. The molecule has 1 N–H and O–H groups in total. The highest BCUT2D eigenvalue weighted by molar-refractivity contribution is 6.36. The van der Waals surface area contributed by atoms with Crippen molar-refractivity contribution >= 4 is 28.9 Å². The van der Waals surface area contributed by atoms with Crippen molar-refractivity contribution in [3.05, 3.63) is 28.2 Å². The van der Waals surface area contributed by atoms with E-state index in [2.05, 4.69) is 4.90 Å². The lowest BCUT2D eigenvalue weighted by molar-refractivity contribution is 0.266. The molecule has 82 valence electrons. The van der Waals surface area contributed by atoms with Crippen molar-refractivity contribution < 1.29 is 5.11 Å². The van der Waals surface area contributed by atoms with Gasteiger partial charge in [-0.1, -0.05) is 23.2 Å². The fraction of sp³-hybridized carbons (Fsp3) is 0.455. The summed E-state index contributed by atoms with van der Waals surface area (Å²) in [6, 6.07) is 5.68. The maximum atomic E-state index is 9.23. The first-order valence-electron chi connectivity index (χ1n) is 5.05. The molecule has 1 saturated heterocycles. The number of rotatable bonds is 2. The number of aliphatic hydroxyl groups is 1. The topological polar surface area (TPSA) is 23.5 Å². The highest BCUT2D eigenvalue weighted by Gasteiger charge is 2.25. The number of aliphatic hydroxyl groups excluding tert-OH is 1. The molecule has 2 nitrogen and oxygen atoms in total. The Hall–Kier alpha value is -0.440. The fourth-order valence-corrected chi connectivity index (χ4v) is 2.57. The van der Waals surface area contributed by atoms with Crippen LogP contribution >= 0.6 is 23.2 Å². The van der Waals surface area contributed by atoms with Gasteiger partial charge in [-0.15, -0.1) is 0 Å². The quantitative estimate of drug-likeness (QED) is 0.867. The number of hydrogen-bond donors (Lipinski definition) is 1. The van der Waals surface area contributed by atoms with Crippen LogP contribution in [-0.2, 0) is 0 Å². The van der Waals surface area contributed by atoms with Gasteiger partial charge in [-0.3, -0.25) is 0 Å². The smallest absolute Gasteiger partial charge is 0.0654 e. The monoisotopic (exact) mass is 245 g/mol. The van der Waals surface area contributed by atoms with Gasteiger partial charge >= 0.3 is 0 Å². The van der Waals surface area contributed by atoms with Crippen LogP contribution in [0.4, 0.5) is 5.69 Å². The van der Waals surface area contributed by atoms with Crippen molar-refractivity contribution in [2.75, 3.05) is 18.1 Å². The molecular weight excluding hydrogens is 233 g/mol. The van der Waals surface area contributed by atoms with Gasteiger partial charge in [-0.2, -0.15) is 0 Å². The van der Waals surface area contributed by atoms with E-state index in [9.17, 15) is 5.11 Å². The largest absolute Gasteiger partial charge is 0.394 e. The normalized spacial score (nSPS) is 21.0. The van der Waals surface area contributed by atoms with Crippen LogP contribution in [0.3, 0.4) is 0 Å². The van der Waals surface area contributed by atoms with Crippen LogP contribution in [0, 0.1) is 0 Å². The van der Waals surface area contributed by atoms with E-state index in [-0.39, 0.29) is 12.6 Å². The summed E-state index contributed by atoms with van der Waals surface area (Å²) >= 11 is 12.0. The lowest BCUT2D eigenvalue weighted by atomic mass is 10.2. The van der Waals surface area contributed by atoms with E-state index in [0.717, 1.165) is 25.1 Å². The van der Waals surface area contributed by atoms with Crippen molar-refractivity contribution in [3.8, 4) is 0 Å². The van der Waals surface area contributed by atoms with Crippen molar-refractivity contribution in [2.24, 2.45) is 0 Å². The molecule has 0 spiro atoms. The Kier molecular flexibility index (Phi) is 3.39. The highest BCUT2D eigenvalue weighted by Crippen LogP contribution is 2.33. The first kappa shape index (κ1) is 11.1. The second-order valence-electron chi connectivity index (χ2n) is 3.77. The van der Waals surface area contributed by atoms with Gasteiger partial charge in [-0.05, 0) is 31.0 Å². The zero-order chi connectivity index (χ0) is 10.8. The molecule has 0 bridgehead atoms. The summed E-state index contributed by atoms with van der Waals surface area (Å²) in [7, 11) is 0. The molecule has 0 radical (unpaired) electrons. The van der Waals surface area contributed by atoms with Crippen LogP contribution in [-0.4, -0.2) is 24.3 Å². The Bertz CT molecular complexity index is 356. The van der Waals surface area contributed by atoms with E-state index >= 15 is 0 Å². The van der Waals surface area contributed by atoms with Crippen LogP contribution < -0.4 is 4.90 Å². The minimum absolute atomic E-state index is 0.180. The third-order valence-corrected chi connectivity index (χ3v) is 3.34. The summed E-state index contributed by atoms with van der Waals surface area (Å²) in [6.07, 6.45) is 2.12. The number of nitrogens with zero attached hydrogens (tertiary/aromatic N) is 1. The van der Waals surface area contributed by atoms with Crippen molar-refractivity contribution in [1.29, 1.82) is 0 Å². The lowest BCUT2D eigenvalue weighted by Gasteiger charge is -2.26. The van der Waals surface area contributed by atoms with Crippen LogP contribution in [0.15, 0.2) is 18.2 Å². The number of anilines is 1. The van der Waals surface area contributed by atoms with Crippen LogP contribution in [0.25, 0.3) is 0 Å². The molecule has 4 heteroatoms. The minimum atomic E-state index is 0.180. The zero-order valence-corrected chi connectivity index (χ0v) is 9.80. The lowest BCUT2D eigenvalue weighted by Crippen LogP contribution is -2.32. The Morgan fingerprint density at radius 2 is 2.20 bits per heavy atom. The molecule has 1 aromatic carbocycles. The molecule has 0 amide bonds. The van der Waals surface area contributed by atoms with Gasteiger partial charge in [0.25, 0.3) is 0 Å². The zero-order valence-electron chi connectivity index (χ0n) is 8.29. The van der Waals surface area contributed by atoms with E-state index in [1.807, 2.05) is 12.1 Å². The number of benzene rings is 1. The van der Waals surface area contributed by atoms with E-state index in [4.69, 9.17) is 23.2 Å². The third kappa shape index (κ3) is 2.22. The second-order valence-corrected chi connectivity index (χ2v) is 4.61. The Morgan fingerprint density at radius 3 is 2.87 bits per heavy atom. The van der Waals surface area contributed by atoms with Crippen molar-refractivity contribution in [3.63, 3.8) is 0 Å². The maximum Gasteiger partial charge on any atom is 0.0654 e. The average molecular weight is 246 g/mol. The fourth-order valence-electron chi connectivity index (χ4n) is 2.06. The molecule has 15 heavy (non-hydrogen) atoms. The molecule has 0 aliphatic carbocycles. The van der Waals surface area contributed by atoms with Crippen molar-refractivity contribution in [2.45, 2.75) is 18.9 Å². The maximum absolute atomic E-state index is 9.23. The van der Waals surface area contributed by atoms with Crippen LogP contribution in [0.5, 0.6) is 0 Å². The van der Waals surface area contributed by atoms with E-state index in [1.165, 1.54) is 0 Å². The third-order valence-electron chi connectivity index (χ3n) is 2.81. The van der Waals surface area contributed by atoms with Gasteiger partial charge in [0.15, 0.2) is 0 Å². The summed E-state index contributed by atoms with van der Waals surface area (Å²) in [5.74, 6) is 0. The van der Waals surface area contributed by atoms with Gasteiger partial charge < -0.3 is 10.0 Å². The summed E-state index contributed by atoms with van der Waals surface area (Å²) in [4.78, 5) is 2.15. The predicted octanol–water partition coefficient (Wildman–Crippen LogP) is 2.95. The molecule has 0 saturated carbocycles. The SMILES string of the molecule is OCC1CCCN1c1ccc(Cl)cc1Cl. The molecule has 0 aromatic heterocycles. The molecule has 1 fully saturated rings. The van der Waals surface area contributed by atoms with Crippen LogP contribution in [0.1, 0.15) is 12.8 Å². The number of halogens is 2. The molecule has 1 unspecified atom stereocenters. The van der Waals surface area contributed by atoms with Gasteiger partial charge in [-0.25, -0.2) is 0 Å². The molecule has 1 heterocycles. The Balaban J connectivity index is 2.28. The molecule has 2 rings (SSSR count). The van der Waals surface area contributed by atoms with Gasteiger partial charge in [0.1, 0.15) is 0 Å². The van der Waals surface area contributed by atoms with Crippen molar-refractivity contribution in [1.82, 2.24) is 0 Å². The Labute approximate surface area is 99.4 Å². The van der Waals surface area contributed by atoms with E-state index in [1.54, 1.807) is 6.07 Å². The molecule has 1 aromatic rings. The summed E-state index contributed by atoms with van der Waals surface area (Å²) in [5, 5.41) is 10.5. The highest BCUT2D eigenvalue weighted by atomic mass is 35.5. The van der Waals surface area contributed by atoms with Gasteiger partial charge in [0, 0.05) is 11.6 Å². The predicted molar refractivity (Wildman–Crippen MR) is 63.9 cm³/mol. The van der Waals surface area contributed by atoms with E-state index in [0.29, 0.717) is 10.0 Å². The number of hydrogen-bond acceptors (Lipinski definition) is 2. The van der Waals surface area contributed by atoms with E-state index < -0.39 is 0 Å². The summed E-state index contributed by atoms with van der Waals surface area (Å²) in [6.45, 7) is 1.13. The molecule has 1 atom stereocenters. The first-order valence-corrected chi connectivity index (χ1v) is 5.80. The molecule has 1 aliphatic heterocycles. The molecular formula is C11H13Cl2NO. The second kappa shape index (κ2) is 4.60. The summed E-state index contributed by atoms with van der Waals surface area (Å²) in [5.41, 5.74) is 0.970. The van der Waals surface area contributed by atoms with Crippen LogP contribution in [0.2, 0.25) is 10.0 Å². The van der Waals surface area contributed by atoms with Gasteiger partial charge in [0.2, 0.25) is 0 Å².